The van der Waals surface area contributed by atoms with E-state index in [1.165, 1.54) is 18.0 Å². The number of nitrogens with two attached hydrogens (primary N) is 1. The van der Waals surface area contributed by atoms with Crippen LogP contribution in [-0.2, 0) is 10.0 Å². The minimum atomic E-state index is -3.39. The number of aryl methyl sites for hydroxylation is 1. The van der Waals surface area contributed by atoms with E-state index in [9.17, 15) is 8.42 Å². The molecule has 2 rings (SSSR count). The molecule has 0 aliphatic rings. The van der Waals surface area contributed by atoms with Gasteiger partial charge in [-0.25, -0.2) is 8.42 Å². The number of pyridine rings is 1. The molecule has 0 bridgehead atoms. The summed E-state index contributed by atoms with van der Waals surface area (Å²) in [5, 5.41) is 0. The molecule has 1 aromatic carbocycles. The number of para-hydroxylation sites is 1. The fourth-order valence-electron chi connectivity index (χ4n) is 1.71. The Labute approximate surface area is 129 Å². The van der Waals surface area contributed by atoms with Gasteiger partial charge in [0.1, 0.15) is 0 Å². The standard InChI is InChI=1S/C14H17N3O2S2/c1-11-8-12(10-16-9-11)17-21(18,19)7-6-20-14-5-3-2-4-13(14)15/h2-5,8-10,17H,6-7,15H2,1H3. The predicted molar refractivity (Wildman–Crippen MR) is 88.0 cm³/mol. The Bertz CT molecular complexity index is 718. The molecule has 0 aliphatic carbocycles. The third-order valence-electron chi connectivity index (χ3n) is 2.68. The summed E-state index contributed by atoms with van der Waals surface area (Å²) < 4.78 is 26.5. The summed E-state index contributed by atoms with van der Waals surface area (Å²) in [6.07, 6.45) is 3.17. The Hall–Kier alpha value is -1.73. The van der Waals surface area contributed by atoms with Crippen molar-refractivity contribution in [2.75, 3.05) is 22.0 Å². The lowest BCUT2D eigenvalue weighted by molar-refractivity contribution is 0.602. The van der Waals surface area contributed by atoms with Crippen molar-refractivity contribution in [3.63, 3.8) is 0 Å². The van der Waals surface area contributed by atoms with E-state index in [2.05, 4.69) is 9.71 Å². The van der Waals surface area contributed by atoms with Crippen molar-refractivity contribution < 1.29 is 8.42 Å². The summed E-state index contributed by atoms with van der Waals surface area (Å²) in [6, 6.07) is 9.15. The van der Waals surface area contributed by atoms with Crippen LogP contribution in [0.5, 0.6) is 0 Å². The van der Waals surface area contributed by atoms with Gasteiger partial charge in [-0.3, -0.25) is 9.71 Å². The molecule has 21 heavy (non-hydrogen) atoms. The molecule has 112 valence electrons. The molecular weight excluding hydrogens is 306 g/mol. The van der Waals surface area contributed by atoms with Crippen molar-refractivity contribution in [1.82, 2.24) is 4.98 Å². The lowest BCUT2D eigenvalue weighted by Gasteiger charge is -2.08. The molecule has 3 N–H and O–H groups in total. The highest BCUT2D eigenvalue weighted by Gasteiger charge is 2.11. The molecule has 0 spiro atoms. The number of rotatable bonds is 6. The fourth-order valence-corrected chi connectivity index (χ4v) is 4.13. The molecule has 2 aromatic rings. The van der Waals surface area contributed by atoms with Gasteiger partial charge in [0.25, 0.3) is 0 Å². The van der Waals surface area contributed by atoms with Crippen molar-refractivity contribution >= 4 is 33.2 Å². The highest BCUT2D eigenvalue weighted by atomic mass is 32.2. The maximum absolute atomic E-state index is 12.0. The molecule has 0 saturated heterocycles. The molecule has 1 heterocycles. The van der Waals surface area contributed by atoms with Gasteiger partial charge in [-0.05, 0) is 30.7 Å². The molecule has 0 fully saturated rings. The van der Waals surface area contributed by atoms with Crippen LogP contribution in [0.3, 0.4) is 0 Å². The van der Waals surface area contributed by atoms with Gasteiger partial charge in [-0.1, -0.05) is 12.1 Å². The van der Waals surface area contributed by atoms with Crippen molar-refractivity contribution in [3.05, 3.63) is 48.3 Å². The monoisotopic (exact) mass is 323 g/mol. The molecule has 0 saturated carbocycles. The van der Waals surface area contributed by atoms with Gasteiger partial charge in [0.15, 0.2) is 0 Å². The Kier molecular flexibility index (Phi) is 5.08. The van der Waals surface area contributed by atoms with Crippen LogP contribution < -0.4 is 10.5 Å². The van der Waals surface area contributed by atoms with Gasteiger partial charge in [-0.15, -0.1) is 11.8 Å². The van der Waals surface area contributed by atoms with Crippen LogP contribution in [0.2, 0.25) is 0 Å². The molecule has 0 amide bonds. The Morgan fingerprint density at radius 1 is 1.29 bits per heavy atom. The van der Waals surface area contributed by atoms with Gasteiger partial charge in [0.2, 0.25) is 10.0 Å². The van der Waals surface area contributed by atoms with E-state index in [0.29, 0.717) is 17.1 Å². The average molecular weight is 323 g/mol. The maximum Gasteiger partial charge on any atom is 0.233 e. The van der Waals surface area contributed by atoms with Crippen LogP contribution in [0, 0.1) is 6.92 Å². The number of nitrogen functional groups attached to an aromatic ring is 1. The third-order valence-corrected chi connectivity index (χ3v) is 5.31. The Balaban J connectivity index is 1.91. The van der Waals surface area contributed by atoms with E-state index in [1.807, 2.05) is 25.1 Å². The second-order valence-corrected chi connectivity index (χ2v) is 7.54. The molecule has 1 aromatic heterocycles. The smallest absolute Gasteiger partial charge is 0.233 e. The first-order valence-corrected chi connectivity index (χ1v) is 8.99. The summed E-state index contributed by atoms with van der Waals surface area (Å²) >= 11 is 1.43. The van der Waals surface area contributed by atoms with Crippen LogP contribution >= 0.6 is 11.8 Å². The van der Waals surface area contributed by atoms with Gasteiger partial charge in [0.05, 0.1) is 17.6 Å². The van der Waals surface area contributed by atoms with Gasteiger partial charge in [-0.2, -0.15) is 0 Å². The summed E-state index contributed by atoms with van der Waals surface area (Å²) in [4.78, 5) is 4.85. The second-order valence-electron chi connectivity index (χ2n) is 4.56. The van der Waals surface area contributed by atoms with Crippen LogP contribution in [0.1, 0.15) is 5.56 Å². The number of benzene rings is 1. The molecule has 0 atom stereocenters. The normalized spacial score (nSPS) is 11.3. The van der Waals surface area contributed by atoms with E-state index >= 15 is 0 Å². The first-order chi connectivity index (χ1) is 9.96. The highest BCUT2D eigenvalue weighted by Crippen LogP contribution is 2.24. The number of hydrogen-bond donors (Lipinski definition) is 2. The average Bonchev–Trinajstić information content (AvgIpc) is 2.40. The van der Waals surface area contributed by atoms with Crippen molar-refractivity contribution in [2.24, 2.45) is 0 Å². The fraction of sp³-hybridized carbons (Fsp3) is 0.214. The lowest BCUT2D eigenvalue weighted by Crippen LogP contribution is -2.18. The quantitative estimate of drug-likeness (QED) is 0.630. The van der Waals surface area contributed by atoms with Crippen LogP contribution in [0.4, 0.5) is 11.4 Å². The predicted octanol–water partition coefficient (Wildman–Crippen LogP) is 2.51. The number of thioether (sulfide) groups is 1. The molecule has 0 radical (unpaired) electrons. The second kappa shape index (κ2) is 6.82. The zero-order chi connectivity index (χ0) is 15.3. The summed E-state index contributed by atoms with van der Waals surface area (Å²) in [5.41, 5.74) is 7.87. The first-order valence-electron chi connectivity index (χ1n) is 6.36. The van der Waals surface area contributed by atoms with Crippen LogP contribution in [0.25, 0.3) is 0 Å². The number of nitrogens with zero attached hydrogens (tertiary/aromatic N) is 1. The number of aromatic nitrogens is 1. The van der Waals surface area contributed by atoms with Crippen molar-refractivity contribution in [1.29, 1.82) is 0 Å². The van der Waals surface area contributed by atoms with E-state index in [1.54, 1.807) is 18.3 Å². The first kappa shape index (κ1) is 15.7. The SMILES string of the molecule is Cc1cncc(NS(=O)(=O)CCSc2ccccc2N)c1. The molecule has 0 aliphatic heterocycles. The zero-order valence-electron chi connectivity index (χ0n) is 11.6. The minimum absolute atomic E-state index is 0.0138. The summed E-state index contributed by atoms with van der Waals surface area (Å²) in [6.45, 7) is 1.86. The van der Waals surface area contributed by atoms with Gasteiger partial charge >= 0.3 is 0 Å². The topological polar surface area (TPSA) is 85.1 Å². The number of nitrogens with one attached hydrogen (secondary N) is 1. The maximum atomic E-state index is 12.0. The summed E-state index contributed by atoms with van der Waals surface area (Å²) in [7, 11) is -3.39. The number of anilines is 2. The van der Waals surface area contributed by atoms with Crippen LogP contribution in [-0.4, -0.2) is 24.9 Å². The molecular formula is C14H17N3O2S2. The highest BCUT2D eigenvalue weighted by molar-refractivity contribution is 8.01. The minimum Gasteiger partial charge on any atom is -0.398 e. The van der Waals surface area contributed by atoms with Crippen molar-refractivity contribution in [2.45, 2.75) is 11.8 Å². The molecule has 7 heteroatoms. The van der Waals surface area contributed by atoms with Crippen molar-refractivity contribution in [3.8, 4) is 0 Å². The van der Waals surface area contributed by atoms with E-state index in [0.717, 1.165) is 10.5 Å². The number of sulfonamides is 1. The third kappa shape index (κ3) is 4.95. The Morgan fingerprint density at radius 3 is 2.76 bits per heavy atom. The van der Waals surface area contributed by atoms with Gasteiger partial charge in [0, 0.05) is 22.5 Å². The number of hydrogen-bond acceptors (Lipinski definition) is 5. The molecule has 5 nitrogen and oxygen atoms in total. The van der Waals surface area contributed by atoms with E-state index < -0.39 is 10.0 Å². The summed E-state index contributed by atoms with van der Waals surface area (Å²) in [5.74, 6) is 0.447. The lowest BCUT2D eigenvalue weighted by atomic mass is 10.3. The van der Waals surface area contributed by atoms with E-state index in [-0.39, 0.29) is 5.75 Å². The largest absolute Gasteiger partial charge is 0.398 e. The molecule has 0 unspecified atom stereocenters. The van der Waals surface area contributed by atoms with Crippen LogP contribution in [0.15, 0.2) is 47.6 Å². The van der Waals surface area contributed by atoms with Gasteiger partial charge < -0.3 is 5.73 Å². The zero-order valence-corrected chi connectivity index (χ0v) is 13.2. The Morgan fingerprint density at radius 2 is 2.05 bits per heavy atom. The van der Waals surface area contributed by atoms with E-state index in [4.69, 9.17) is 5.73 Å².